The minimum Gasteiger partial charge on any atom is -0.250 e. The van der Waals surface area contributed by atoms with Gasteiger partial charge in [-0.15, -0.1) is 0 Å². The number of rotatable bonds is 1. The van der Waals surface area contributed by atoms with Gasteiger partial charge in [-0.2, -0.15) is 5.10 Å². The number of fused-ring (bicyclic) bond motifs is 1. The van der Waals surface area contributed by atoms with E-state index in [0.717, 1.165) is 11.3 Å². The van der Waals surface area contributed by atoms with Crippen LogP contribution in [0.2, 0.25) is 0 Å². The molecule has 2 heterocycles. The highest BCUT2D eigenvalue weighted by Crippen LogP contribution is 2.21. The second-order valence-electron chi connectivity index (χ2n) is 3.54. The predicted octanol–water partition coefficient (Wildman–Crippen LogP) is 2.09. The molecule has 0 aliphatic carbocycles. The first kappa shape index (κ1) is 8.23. The van der Waals surface area contributed by atoms with Gasteiger partial charge < -0.3 is 0 Å². The van der Waals surface area contributed by atoms with Gasteiger partial charge in [0.15, 0.2) is 5.65 Å². The number of nitrogens with zero attached hydrogens (tertiary/aromatic N) is 3. The van der Waals surface area contributed by atoms with Gasteiger partial charge in [0.1, 0.15) is 0 Å². The van der Waals surface area contributed by atoms with Crippen molar-refractivity contribution in [1.82, 2.24) is 14.8 Å². The molecule has 0 N–H and O–H groups in total. The molecule has 0 aromatic carbocycles. The third kappa shape index (κ3) is 1.20. The average molecular weight is 175 g/mol. The van der Waals surface area contributed by atoms with Gasteiger partial charge in [-0.1, -0.05) is 13.8 Å². The van der Waals surface area contributed by atoms with Crippen molar-refractivity contribution in [2.24, 2.45) is 7.05 Å². The van der Waals surface area contributed by atoms with Crippen LogP contribution in [0, 0.1) is 0 Å². The highest BCUT2D eigenvalue weighted by Gasteiger charge is 2.11. The van der Waals surface area contributed by atoms with E-state index >= 15 is 0 Å². The molecule has 0 aliphatic rings. The van der Waals surface area contributed by atoms with E-state index in [2.05, 4.69) is 30.0 Å². The first-order valence-electron chi connectivity index (χ1n) is 4.47. The lowest BCUT2D eigenvalue weighted by Crippen LogP contribution is -1.93. The standard InChI is InChI=1S/C10H13N3/c1-7(2)9-8-5-4-6-11-10(8)13(3)12-9/h4-7H,1-3H3. The van der Waals surface area contributed by atoms with Crippen LogP contribution in [-0.4, -0.2) is 14.8 Å². The minimum atomic E-state index is 0.452. The number of pyridine rings is 1. The van der Waals surface area contributed by atoms with Gasteiger partial charge >= 0.3 is 0 Å². The van der Waals surface area contributed by atoms with Crippen LogP contribution in [0.3, 0.4) is 0 Å². The molecule has 2 rings (SSSR count). The van der Waals surface area contributed by atoms with Crippen LogP contribution in [0.5, 0.6) is 0 Å². The molecule has 0 radical (unpaired) electrons. The van der Waals surface area contributed by atoms with E-state index in [4.69, 9.17) is 0 Å². The summed E-state index contributed by atoms with van der Waals surface area (Å²) in [7, 11) is 1.93. The van der Waals surface area contributed by atoms with Crippen molar-refractivity contribution in [3.05, 3.63) is 24.0 Å². The third-order valence-corrected chi connectivity index (χ3v) is 2.17. The lowest BCUT2D eigenvalue weighted by molar-refractivity contribution is 0.724. The third-order valence-electron chi connectivity index (χ3n) is 2.17. The van der Waals surface area contributed by atoms with Gasteiger partial charge in [0.25, 0.3) is 0 Å². The second kappa shape index (κ2) is 2.83. The maximum absolute atomic E-state index is 4.44. The Morgan fingerprint density at radius 3 is 2.85 bits per heavy atom. The van der Waals surface area contributed by atoms with Gasteiger partial charge in [-0.05, 0) is 18.1 Å². The van der Waals surface area contributed by atoms with E-state index in [1.165, 1.54) is 5.39 Å². The Morgan fingerprint density at radius 1 is 1.38 bits per heavy atom. The summed E-state index contributed by atoms with van der Waals surface area (Å²) in [6.45, 7) is 4.30. The Bertz CT molecular complexity index is 429. The van der Waals surface area contributed by atoms with E-state index in [-0.39, 0.29) is 0 Å². The smallest absolute Gasteiger partial charge is 0.157 e. The SMILES string of the molecule is CC(C)c1nn(C)c2ncccc12. The zero-order valence-corrected chi connectivity index (χ0v) is 8.15. The van der Waals surface area contributed by atoms with Crippen molar-refractivity contribution in [1.29, 1.82) is 0 Å². The topological polar surface area (TPSA) is 30.7 Å². The minimum absolute atomic E-state index is 0.452. The fourth-order valence-electron chi connectivity index (χ4n) is 1.54. The molecule has 0 amide bonds. The zero-order chi connectivity index (χ0) is 9.42. The van der Waals surface area contributed by atoms with Crippen molar-refractivity contribution in [2.75, 3.05) is 0 Å². The molecule has 2 aromatic rings. The Labute approximate surface area is 77.4 Å². The van der Waals surface area contributed by atoms with Gasteiger partial charge in [0, 0.05) is 18.6 Å². The fourth-order valence-corrected chi connectivity index (χ4v) is 1.54. The molecular weight excluding hydrogens is 162 g/mol. The Balaban J connectivity index is 2.78. The fraction of sp³-hybridized carbons (Fsp3) is 0.400. The van der Waals surface area contributed by atoms with Crippen LogP contribution < -0.4 is 0 Å². The van der Waals surface area contributed by atoms with Crippen LogP contribution in [0.4, 0.5) is 0 Å². The molecule has 0 spiro atoms. The van der Waals surface area contributed by atoms with Crippen molar-refractivity contribution < 1.29 is 0 Å². The quantitative estimate of drug-likeness (QED) is 0.664. The molecule has 0 unspecified atom stereocenters. The molecule has 68 valence electrons. The predicted molar refractivity (Wildman–Crippen MR) is 52.6 cm³/mol. The van der Waals surface area contributed by atoms with E-state index in [1.54, 1.807) is 6.20 Å². The lowest BCUT2D eigenvalue weighted by atomic mass is 10.1. The van der Waals surface area contributed by atoms with Crippen LogP contribution >= 0.6 is 0 Å². The zero-order valence-electron chi connectivity index (χ0n) is 8.15. The number of aryl methyl sites for hydroxylation is 1. The molecule has 0 atom stereocenters. The van der Waals surface area contributed by atoms with Crippen LogP contribution in [-0.2, 0) is 7.05 Å². The molecule has 13 heavy (non-hydrogen) atoms. The summed E-state index contributed by atoms with van der Waals surface area (Å²) in [4.78, 5) is 4.28. The van der Waals surface area contributed by atoms with E-state index in [0.29, 0.717) is 5.92 Å². The molecule has 0 aliphatic heterocycles. The molecule has 0 saturated heterocycles. The Hall–Kier alpha value is -1.38. The maximum Gasteiger partial charge on any atom is 0.157 e. The second-order valence-corrected chi connectivity index (χ2v) is 3.54. The van der Waals surface area contributed by atoms with Gasteiger partial charge in [0.05, 0.1) is 5.69 Å². The lowest BCUT2D eigenvalue weighted by Gasteiger charge is -1.98. The summed E-state index contributed by atoms with van der Waals surface area (Å²) < 4.78 is 1.84. The van der Waals surface area contributed by atoms with Crippen molar-refractivity contribution in [3.63, 3.8) is 0 Å². The van der Waals surface area contributed by atoms with Gasteiger partial charge in [-0.25, -0.2) is 4.98 Å². The average Bonchev–Trinajstić information content (AvgIpc) is 2.45. The maximum atomic E-state index is 4.44. The summed E-state index contributed by atoms with van der Waals surface area (Å²) in [5.41, 5.74) is 2.09. The summed E-state index contributed by atoms with van der Waals surface area (Å²) in [5.74, 6) is 0.452. The first-order valence-corrected chi connectivity index (χ1v) is 4.47. The summed E-state index contributed by atoms with van der Waals surface area (Å²) in [5, 5.41) is 5.61. The molecule has 2 aromatic heterocycles. The van der Waals surface area contributed by atoms with E-state index in [1.807, 2.05) is 17.8 Å². The van der Waals surface area contributed by atoms with E-state index in [9.17, 15) is 0 Å². The normalized spacial score (nSPS) is 11.4. The van der Waals surface area contributed by atoms with Crippen molar-refractivity contribution in [3.8, 4) is 0 Å². The summed E-state index contributed by atoms with van der Waals surface area (Å²) >= 11 is 0. The molecular formula is C10H13N3. The van der Waals surface area contributed by atoms with Gasteiger partial charge in [0.2, 0.25) is 0 Å². The number of hydrogen-bond acceptors (Lipinski definition) is 2. The summed E-state index contributed by atoms with van der Waals surface area (Å²) in [6, 6.07) is 4.03. The number of aromatic nitrogens is 3. The molecule has 3 nitrogen and oxygen atoms in total. The number of hydrogen-bond donors (Lipinski definition) is 0. The molecule has 0 bridgehead atoms. The monoisotopic (exact) mass is 175 g/mol. The van der Waals surface area contributed by atoms with Crippen LogP contribution in [0.25, 0.3) is 11.0 Å². The Morgan fingerprint density at radius 2 is 2.15 bits per heavy atom. The highest BCUT2D eigenvalue weighted by atomic mass is 15.3. The largest absolute Gasteiger partial charge is 0.250 e. The van der Waals surface area contributed by atoms with E-state index < -0.39 is 0 Å². The molecule has 3 heteroatoms. The summed E-state index contributed by atoms with van der Waals surface area (Å²) in [6.07, 6.45) is 1.80. The molecule has 0 saturated carbocycles. The molecule has 0 fully saturated rings. The van der Waals surface area contributed by atoms with Crippen LogP contribution in [0.15, 0.2) is 18.3 Å². The van der Waals surface area contributed by atoms with Crippen LogP contribution in [0.1, 0.15) is 25.5 Å². The van der Waals surface area contributed by atoms with Crippen molar-refractivity contribution in [2.45, 2.75) is 19.8 Å². The van der Waals surface area contributed by atoms with Crippen molar-refractivity contribution >= 4 is 11.0 Å². The first-order chi connectivity index (χ1) is 6.20. The Kier molecular flexibility index (Phi) is 1.79. The highest BCUT2D eigenvalue weighted by molar-refractivity contribution is 5.78. The van der Waals surface area contributed by atoms with Gasteiger partial charge in [-0.3, -0.25) is 4.68 Å².